The van der Waals surface area contributed by atoms with Crippen LogP contribution in [-0.4, -0.2) is 50.3 Å². The van der Waals surface area contributed by atoms with E-state index in [1.165, 1.54) is 33.3 Å². The number of hydrogen-bond acceptors (Lipinski definition) is 11. The zero-order valence-electron chi connectivity index (χ0n) is 11.8. The zero-order chi connectivity index (χ0) is 16.4. The fraction of sp³-hybridized carbons (Fsp3) is 0.222. The third-order valence-corrected chi connectivity index (χ3v) is 4.54. The van der Waals surface area contributed by atoms with Crippen LogP contribution in [-0.2, 0) is 14.1 Å². The van der Waals surface area contributed by atoms with Crippen LogP contribution < -0.4 is 0 Å². The first-order valence-electron chi connectivity index (χ1n) is 6.00. The van der Waals surface area contributed by atoms with Crippen LogP contribution in [0.2, 0.25) is 0 Å². The lowest BCUT2D eigenvalue weighted by Gasteiger charge is -2.03. The number of nitro groups is 1. The van der Waals surface area contributed by atoms with Gasteiger partial charge in [0.2, 0.25) is 10.3 Å². The Morgan fingerprint density at radius 2 is 1.65 bits per heavy atom. The van der Waals surface area contributed by atoms with Crippen molar-refractivity contribution in [2.75, 3.05) is 0 Å². The first kappa shape index (κ1) is 15.3. The molecule has 3 rings (SSSR count). The van der Waals surface area contributed by atoms with E-state index in [2.05, 4.69) is 36.0 Å². The maximum Gasteiger partial charge on any atom is 0.301 e. The maximum absolute atomic E-state index is 11.2. The summed E-state index contributed by atoms with van der Waals surface area (Å²) in [5.74, 6) is 0. The second kappa shape index (κ2) is 6.25. The van der Waals surface area contributed by atoms with E-state index in [0.29, 0.717) is 15.3 Å². The van der Waals surface area contributed by atoms with Crippen molar-refractivity contribution < 1.29 is 4.92 Å². The molecule has 0 aliphatic heterocycles. The molecule has 12 nitrogen and oxygen atoms in total. The number of aryl methyl sites for hydroxylation is 2. The Balaban J connectivity index is 1.94. The molecule has 0 saturated carbocycles. The standard InChI is InChI=1S/C9H8N10O2S2/c1-17-8(11-13-15-17)22-6-4-3-5(19(20)21)7(10-6)23-9-12-14-16-18(9)2/h3-4H,1-2H3. The van der Waals surface area contributed by atoms with E-state index in [9.17, 15) is 10.1 Å². The summed E-state index contributed by atoms with van der Waals surface area (Å²) in [7, 11) is 3.33. The number of aromatic nitrogens is 9. The molecule has 0 unspecified atom stereocenters. The first-order chi connectivity index (χ1) is 11.0. The Labute approximate surface area is 136 Å². The molecule has 0 aliphatic carbocycles. The predicted molar refractivity (Wildman–Crippen MR) is 76.7 cm³/mol. The molecular weight excluding hydrogens is 344 g/mol. The molecule has 0 radical (unpaired) electrons. The van der Waals surface area contributed by atoms with Crippen LogP contribution in [0, 0.1) is 10.1 Å². The summed E-state index contributed by atoms with van der Waals surface area (Å²) in [6, 6.07) is 2.92. The van der Waals surface area contributed by atoms with Gasteiger partial charge >= 0.3 is 5.69 Å². The average Bonchev–Trinajstić information content (AvgIpc) is 3.09. The van der Waals surface area contributed by atoms with E-state index in [0.717, 1.165) is 11.8 Å². The Morgan fingerprint density at radius 1 is 1.04 bits per heavy atom. The van der Waals surface area contributed by atoms with Gasteiger partial charge < -0.3 is 0 Å². The summed E-state index contributed by atoms with van der Waals surface area (Å²) >= 11 is 2.20. The summed E-state index contributed by atoms with van der Waals surface area (Å²) in [6.45, 7) is 0. The lowest BCUT2D eigenvalue weighted by Crippen LogP contribution is -1.98. The van der Waals surface area contributed by atoms with E-state index in [-0.39, 0.29) is 10.7 Å². The van der Waals surface area contributed by atoms with Gasteiger partial charge in [-0.3, -0.25) is 10.1 Å². The van der Waals surface area contributed by atoms with Crippen molar-refractivity contribution in [3.63, 3.8) is 0 Å². The Hall–Kier alpha value is -2.61. The number of pyridine rings is 1. The van der Waals surface area contributed by atoms with Crippen molar-refractivity contribution in [1.82, 2.24) is 45.4 Å². The molecular formula is C9H8N10O2S2. The summed E-state index contributed by atoms with van der Waals surface area (Å²) < 4.78 is 2.88. The molecule has 0 amide bonds. The second-order valence-corrected chi connectivity index (χ2v) is 6.05. The number of nitrogens with zero attached hydrogens (tertiary/aromatic N) is 10. The number of rotatable bonds is 5. The SMILES string of the molecule is Cn1nnnc1Sc1ccc([N+](=O)[O-])c(Sc2nnnn2C)n1. The van der Waals surface area contributed by atoms with Gasteiger partial charge in [0.05, 0.1) is 4.92 Å². The molecule has 3 aromatic rings. The van der Waals surface area contributed by atoms with Crippen molar-refractivity contribution in [2.45, 2.75) is 20.4 Å². The second-order valence-electron chi connectivity index (χ2n) is 4.11. The van der Waals surface area contributed by atoms with Gasteiger partial charge in [0.25, 0.3) is 0 Å². The lowest BCUT2D eigenvalue weighted by atomic mass is 10.4. The highest BCUT2D eigenvalue weighted by atomic mass is 32.2. The smallest absolute Gasteiger partial charge is 0.258 e. The lowest BCUT2D eigenvalue weighted by molar-refractivity contribution is -0.388. The van der Waals surface area contributed by atoms with Crippen LogP contribution in [0.15, 0.2) is 32.5 Å². The van der Waals surface area contributed by atoms with Gasteiger partial charge in [-0.1, -0.05) is 0 Å². The van der Waals surface area contributed by atoms with Gasteiger partial charge in [-0.25, -0.2) is 14.3 Å². The van der Waals surface area contributed by atoms with Crippen LogP contribution in [0.1, 0.15) is 0 Å². The molecule has 118 valence electrons. The van der Waals surface area contributed by atoms with Crippen molar-refractivity contribution in [3.05, 3.63) is 22.2 Å². The molecule has 23 heavy (non-hydrogen) atoms. The molecule has 0 spiro atoms. The molecule has 3 heterocycles. The van der Waals surface area contributed by atoms with Crippen LogP contribution in [0.4, 0.5) is 5.69 Å². The third kappa shape index (κ3) is 3.26. The van der Waals surface area contributed by atoms with Crippen molar-refractivity contribution in [1.29, 1.82) is 0 Å². The molecule has 0 bridgehead atoms. The Bertz CT molecular complexity index is 862. The fourth-order valence-electron chi connectivity index (χ4n) is 1.48. The largest absolute Gasteiger partial charge is 0.301 e. The minimum absolute atomic E-state index is 0.126. The summed E-state index contributed by atoms with van der Waals surface area (Å²) in [6.07, 6.45) is 0. The van der Waals surface area contributed by atoms with E-state index < -0.39 is 4.92 Å². The van der Waals surface area contributed by atoms with Gasteiger partial charge in [0, 0.05) is 20.2 Å². The van der Waals surface area contributed by atoms with Gasteiger partial charge in [-0.2, -0.15) is 0 Å². The van der Waals surface area contributed by atoms with Crippen LogP contribution >= 0.6 is 23.5 Å². The minimum atomic E-state index is -0.503. The Morgan fingerprint density at radius 3 is 2.17 bits per heavy atom. The fourth-order valence-corrected chi connectivity index (χ4v) is 3.06. The minimum Gasteiger partial charge on any atom is -0.258 e. The molecule has 0 atom stereocenters. The molecule has 3 aromatic heterocycles. The van der Waals surface area contributed by atoms with Gasteiger partial charge in [0.1, 0.15) is 5.03 Å². The molecule has 0 N–H and O–H groups in total. The number of tetrazole rings is 2. The molecule has 14 heteroatoms. The Kier molecular flexibility index (Phi) is 4.16. The van der Waals surface area contributed by atoms with E-state index in [4.69, 9.17) is 0 Å². The van der Waals surface area contributed by atoms with Gasteiger partial charge in [-0.15, -0.1) is 10.2 Å². The van der Waals surface area contributed by atoms with Crippen LogP contribution in [0.25, 0.3) is 0 Å². The predicted octanol–water partition coefficient (Wildman–Crippen LogP) is 0.339. The number of hydrogen-bond donors (Lipinski definition) is 0. The highest BCUT2D eigenvalue weighted by molar-refractivity contribution is 7.99. The zero-order valence-corrected chi connectivity index (χ0v) is 13.4. The summed E-state index contributed by atoms with van der Waals surface area (Å²) in [4.78, 5) is 15.0. The van der Waals surface area contributed by atoms with E-state index in [1.807, 2.05) is 0 Å². The highest BCUT2D eigenvalue weighted by Gasteiger charge is 2.20. The summed E-state index contributed by atoms with van der Waals surface area (Å²) in [5, 5.41) is 34.8. The third-order valence-electron chi connectivity index (χ3n) is 2.56. The van der Waals surface area contributed by atoms with E-state index in [1.54, 1.807) is 14.1 Å². The molecule has 0 saturated heterocycles. The van der Waals surface area contributed by atoms with Gasteiger partial charge in [0.15, 0.2) is 5.03 Å². The van der Waals surface area contributed by atoms with Crippen molar-refractivity contribution in [3.8, 4) is 0 Å². The van der Waals surface area contributed by atoms with Crippen molar-refractivity contribution in [2.24, 2.45) is 14.1 Å². The topological polar surface area (TPSA) is 143 Å². The molecule has 0 aliphatic rings. The van der Waals surface area contributed by atoms with Crippen LogP contribution in [0.3, 0.4) is 0 Å². The normalized spacial score (nSPS) is 10.9. The van der Waals surface area contributed by atoms with Crippen LogP contribution in [0.5, 0.6) is 0 Å². The average molecular weight is 352 g/mol. The molecule has 0 fully saturated rings. The van der Waals surface area contributed by atoms with E-state index >= 15 is 0 Å². The molecule has 0 aromatic carbocycles. The quantitative estimate of drug-likeness (QED) is 0.463. The van der Waals surface area contributed by atoms with Gasteiger partial charge in [-0.05, 0) is 50.4 Å². The first-order valence-corrected chi connectivity index (χ1v) is 7.63. The van der Waals surface area contributed by atoms with Crippen molar-refractivity contribution >= 4 is 29.2 Å². The summed E-state index contributed by atoms with van der Waals surface area (Å²) in [5.41, 5.74) is -0.126. The maximum atomic E-state index is 11.2. The highest BCUT2D eigenvalue weighted by Crippen LogP contribution is 2.34. The monoisotopic (exact) mass is 352 g/mol.